The van der Waals surface area contributed by atoms with Crippen molar-refractivity contribution in [2.24, 2.45) is 0 Å². The summed E-state index contributed by atoms with van der Waals surface area (Å²) in [6.45, 7) is 52.5. The molecule has 864 valence electrons. The van der Waals surface area contributed by atoms with Crippen molar-refractivity contribution < 1.29 is 66.8 Å². The smallest absolute Gasteiger partial charge is 0.233 e. The molecule has 0 heterocycles. The molecule has 0 rings (SSSR count). The van der Waals surface area contributed by atoms with Crippen molar-refractivity contribution in [3.8, 4) is 0 Å². The normalized spacial score (nSPS) is 13.9. The average Bonchev–Trinajstić information content (AvgIpc) is 0.816. The maximum Gasteiger partial charge on any atom is 0.532 e. The molecule has 0 bridgehead atoms. The number of hydrogen-bond acceptors (Lipinski definition) is 12. The Kier molecular flexibility index (Phi) is 103. The second kappa shape index (κ2) is 96.7. The molecule has 0 aliphatic rings. The highest BCUT2D eigenvalue weighted by Crippen LogP contribution is 2.78. The summed E-state index contributed by atoms with van der Waals surface area (Å²) in [5, 5.41) is 0. The fraction of sp³-hybridized carbons (Fsp3) is 1.00. The summed E-state index contributed by atoms with van der Waals surface area (Å²) in [5.74, 6) is 20.7. The van der Waals surface area contributed by atoms with E-state index >= 15 is 16.8 Å². The summed E-state index contributed by atoms with van der Waals surface area (Å²) in [5.41, 5.74) is 0. The molecule has 0 amide bonds. The van der Waals surface area contributed by atoms with Crippen LogP contribution in [0.1, 0.15) is 577 Å². The third-order valence-corrected chi connectivity index (χ3v) is 67.5. The zero-order chi connectivity index (χ0) is 106. The van der Waals surface area contributed by atoms with E-state index in [0.717, 1.165) is 446 Å². The molecular formula is C112H248F4O12P4S8. The fourth-order valence-electron chi connectivity index (χ4n) is 17.8. The van der Waals surface area contributed by atoms with Crippen LogP contribution in [0.25, 0.3) is 0 Å². The first-order valence-electron chi connectivity index (χ1n) is 60.1. The fourth-order valence-corrected chi connectivity index (χ4v) is 62.1. The van der Waals surface area contributed by atoms with Gasteiger partial charge in [0.1, 0.15) is 0 Å². The van der Waals surface area contributed by atoms with E-state index in [9.17, 15) is 18.3 Å². The molecule has 0 unspecified atom stereocenters. The van der Waals surface area contributed by atoms with Crippen molar-refractivity contribution in [2.75, 3.05) is 138 Å². The van der Waals surface area contributed by atoms with E-state index in [-0.39, 0.29) is 0 Å². The van der Waals surface area contributed by atoms with Gasteiger partial charge in [0.25, 0.3) is 0 Å². The van der Waals surface area contributed by atoms with Crippen LogP contribution >= 0.6 is 114 Å². The molecule has 12 nitrogen and oxygen atoms in total. The van der Waals surface area contributed by atoms with Gasteiger partial charge in [-0.3, -0.25) is 0 Å². The maximum atomic E-state index is 16.1. The molecule has 0 aromatic heterocycles. The quantitative estimate of drug-likeness (QED) is 0.0325. The molecule has 0 saturated carbocycles. The highest BCUT2D eigenvalue weighted by Gasteiger charge is 2.47. The molecule has 0 spiro atoms. The summed E-state index contributed by atoms with van der Waals surface area (Å²) in [6.07, 6.45) is 69.4. The largest absolute Gasteiger partial charge is 0.532 e. The zero-order valence-corrected chi connectivity index (χ0v) is 108. The van der Waals surface area contributed by atoms with Crippen molar-refractivity contribution in [3.05, 3.63) is 0 Å². The second-order valence-corrected chi connectivity index (χ2v) is 74.6. The Morgan fingerprint density at radius 3 is 0.243 bits per heavy atom. The Bertz CT molecular complexity index is 2280. The van der Waals surface area contributed by atoms with Crippen LogP contribution in [0.15, 0.2) is 0 Å². The van der Waals surface area contributed by atoms with Gasteiger partial charge in [0.2, 0.25) is 0 Å². The molecule has 0 N–H and O–H groups in total. The lowest BCUT2D eigenvalue weighted by molar-refractivity contribution is 0.361. The number of halogens is 4. The monoisotopic (exact) mass is 2240 g/mol. The van der Waals surface area contributed by atoms with Gasteiger partial charge < -0.3 is 0 Å². The molecule has 0 atom stereocenters. The molecule has 0 aliphatic carbocycles. The molecule has 0 saturated heterocycles. The summed E-state index contributed by atoms with van der Waals surface area (Å²) in [7, 11) is -32.5. The van der Waals surface area contributed by atoms with Gasteiger partial charge in [-0.25, -0.2) is 50.0 Å². The Labute approximate surface area is 888 Å². The predicted molar refractivity (Wildman–Crippen MR) is 653 cm³/mol. The van der Waals surface area contributed by atoms with Gasteiger partial charge in [-0.2, -0.15) is 0 Å². The van der Waals surface area contributed by atoms with Crippen molar-refractivity contribution in [1.29, 1.82) is 0 Å². The van der Waals surface area contributed by atoms with E-state index in [2.05, 4.69) is 166 Å². The predicted octanol–water partition coefficient (Wildman–Crippen LogP) is 47.6. The van der Waals surface area contributed by atoms with Gasteiger partial charge in [0.15, 0.2) is 0 Å². The van der Waals surface area contributed by atoms with Gasteiger partial charge >= 0.3 is 31.6 Å². The second-order valence-electron chi connectivity index (χ2n) is 41.1. The molecular weight excluding hydrogens is 1990 g/mol. The Morgan fingerprint density at radius 1 is 0.114 bits per heavy atom. The molecule has 0 aromatic carbocycles. The first kappa shape index (κ1) is 149. The van der Waals surface area contributed by atoms with Gasteiger partial charge in [-0.15, -0.1) is 99.3 Å². The topological polar surface area (TPSA) is 142 Å². The summed E-state index contributed by atoms with van der Waals surface area (Å²) < 4.78 is 169. The van der Waals surface area contributed by atoms with E-state index in [4.69, 9.17) is 31.8 Å². The van der Waals surface area contributed by atoms with Crippen LogP contribution in [0.3, 0.4) is 0 Å². The molecule has 0 aromatic rings. The first-order chi connectivity index (χ1) is 67.1. The van der Waals surface area contributed by atoms with Crippen molar-refractivity contribution >= 4 is 114 Å². The van der Waals surface area contributed by atoms with E-state index in [0.29, 0.717) is 0 Å². The highest BCUT2D eigenvalue weighted by atomic mass is 32.3. The molecule has 0 radical (unpaired) electrons. The SMILES string of the molecule is CCCCCCS(CCCC)(CCCC)OP(=O)(F)OS(CCCC)(CCCC)CCCCCC.CCCCCCS(CCCC)(CCCC)OP(=O)(F)OS(CCCC)(CCCC)CCCCCC.CCCCCCS(CCCC)(CCCC)OP(=O)(F)OS(CCCC)(CCCC)CCCCCC.CCCCCCS(CCCC)(CCCC)OP(=O)(F)OS(CCCC)(CCCC)CCCCCC. The Balaban J connectivity index is -0.000000881. The van der Waals surface area contributed by atoms with Gasteiger partial charge in [-0.1, -0.05) is 423 Å². The highest BCUT2D eigenvalue weighted by molar-refractivity contribution is 8.35. The van der Waals surface area contributed by atoms with Crippen molar-refractivity contribution in [1.82, 2.24) is 0 Å². The van der Waals surface area contributed by atoms with Crippen LogP contribution in [0.4, 0.5) is 16.8 Å². The molecule has 140 heavy (non-hydrogen) atoms. The number of rotatable bonds is 104. The van der Waals surface area contributed by atoms with Crippen LogP contribution in [-0.2, 0) is 50.0 Å². The summed E-state index contributed by atoms with van der Waals surface area (Å²) in [6, 6.07) is 0. The van der Waals surface area contributed by atoms with Gasteiger partial charge in [0, 0.05) is 0 Å². The van der Waals surface area contributed by atoms with E-state index in [1.807, 2.05) is 0 Å². The van der Waals surface area contributed by atoms with Crippen molar-refractivity contribution in [3.63, 3.8) is 0 Å². The third kappa shape index (κ3) is 79.1. The number of unbranched alkanes of at least 4 members (excludes halogenated alkanes) is 40. The Hall–Kier alpha value is 3.12. The minimum atomic E-state index is -4.63. The lowest BCUT2D eigenvalue weighted by Gasteiger charge is -2.44. The maximum absolute atomic E-state index is 16.1. The van der Waals surface area contributed by atoms with E-state index in [1.54, 1.807) is 0 Å². The minimum absolute atomic E-state index is 0.857. The van der Waals surface area contributed by atoms with E-state index < -0.39 is 114 Å². The Morgan fingerprint density at radius 2 is 0.179 bits per heavy atom. The third-order valence-electron chi connectivity index (χ3n) is 26.9. The van der Waals surface area contributed by atoms with Gasteiger partial charge in [0.05, 0.1) is 0 Å². The molecule has 0 aliphatic heterocycles. The van der Waals surface area contributed by atoms with Gasteiger partial charge in [-0.05, 0) is 292 Å². The average molecular weight is 2240 g/mol. The van der Waals surface area contributed by atoms with Crippen LogP contribution in [0, 0.1) is 0 Å². The van der Waals surface area contributed by atoms with Crippen LogP contribution < -0.4 is 0 Å². The van der Waals surface area contributed by atoms with Crippen LogP contribution in [0.5, 0.6) is 0 Å². The molecule has 0 fully saturated rings. The lowest BCUT2D eigenvalue weighted by Crippen LogP contribution is -2.20. The summed E-state index contributed by atoms with van der Waals surface area (Å²) in [4.78, 5) is 0. The lowest BCUT2D eigenvalue weighted by atomic mass is 10.2. The zero-order valence-electron chi connectivity index (χ0n) is 97.7. The van der Waals surface area contributed by atoms with Crippen molar-refractivity contribution in [2.45, 2.75) is 577 Å². The number of hydrogen-bond donors (Lipinski definition) is 0. The minimum Gasteiger partial charge on any atom is -0.233 e. The molecule has 28 heteroatoms. The van der Waals surface area contributed by atoms with E-state index in [1.165, 1.54) is 103 Å². The van der Waals surface area contributed by atoms with Crippen LogP contribution in [-0.4, -0.2) is 138 Å². The first-order valence-corrected chi connectivity index (χ1v) is 82.4. The summed E-state index contributed by atoms with van der Waals surface area (Å²) >= 11 is 0. The standard InChI is InChI=1S/4C28H62FO3PS2/c4*1-7-13-19-21-27-34(23-15-9-3,24-16-10-4)31-33(29,30)32-35(25-17-11-5,26-18-12-6)28-22-20-14-8-2/h4*7-28H2,1-6H3. The van der Waals surface area contributed by atoms with Crippen LogP contribution in [0.2, 0.25) is 0 Å².